The number of carbonyl (C=O) groups excluding carboxylic acids is 1. The summed E-state index contributed by atoms with van der Waals surface area (Å²) < 4.78 is 12.2. The van der Waals surface area contributed by atoms with Crippen LogP contribution in [0.4, 0.5) is 0 Å². The van der Waals surface area contributed by atoms with E-state index in [1.807, 2.05) is 25.1 Å². The molecule has 0 aliphatic carbocycles. The third-order valence-corrected chi connectivity index (χ3v) is 15.0. The summed E-state index contributed by atoms with van der Waals surface area (Å²) in [5, 5.41) is 3.65. The highest BCUT2D eigenvalue weighted by Crippen LogP contribution is 2.58. The standard InChI is InChI=1S/C30H38O3PSi.ClH/c1-7-32-29(31)23-25(33-35(5,6)30(2,3)4)24-34(26-17-11-8-12-18-26,27-19-13-9-14-20-27)28-21-15-10-16-22-28;/h8-22,24H,7,23H2,1-6H3;1H/q+1;/p-1/b25-24+;. The lowest BCUT2D eigenvalue weighted by molar-refractivity contribution is -0.142. The average molecular weight is 541 g/mol. The molecule has 0 fully saturated rings. The van der Waals surface area contributed by atoms with E-state index in [0.29, 0.717) is 12.4 Å². The largest absolute Gasteiger partial charge is 1.00 e. The molecule has 0 bridgehead atoms. The van der Waals surface area contributed by atoms with Crippen LogP contribution in [0.2, 0.25) is 18.1 Å². The number of ether oxygens (including phenoxy) is 1. The second kappa shape index (κ2) is 12.7. The maximum atomic E-state index is 12.8. The minimum absolute atomic E-state index is 0. The van der Waals surface area contributed by atoms with Gasteiger partial charge in [0.2, 0.25) is 8.32 Å². The van der Waals surface area contributed by atoms with Gasteiger partial charge in [0.1, 0.15) is 41.2 Å². The van der Waals surface area contributed by atoms with Crippen molar-refractivity contribution in [3.05, 3.63) is 103 Å². The number of hydrogen-bond donors (Lipinski definition) is 0. The van der Waals surface area contributed by atoms with E-state index < -0.39 is 15.6 Å². The number of benzene rings is 3. The van der Waals surface area contributed by atoms with Crippen LogP contribution in [0.5, 0.6) is 0 Å². The van der Waals surface area contributed by atoms with E-state index >= 15 is 0 Å². The first kappa shape index (κ1) is 29.8. The lowest BCUT2D eigenvalue weighted by Crippen LogP contribution is -3.00. The van der Waals surface area contributed by atoms with Gasteiger partial charge in [0.15, 0.2) is 0 Å². The number of rotatable bonds is 9. The molecule has 3 nitrogen and oxygen atoms in total. The Morgan fingerprint density at radius 3 is 1.53 bits per heavy atom. The van der Waals surface area contributed by atoms with Crippen LogP contribution in [-0.2, 0) is 14.0 Å². The van der Waals surface area contributed by atoms with Crippen LogP contribution in [0.1, 0.15) is 34.1 Å². The molecule has 0 amide bonds. The molecule has 3 aromatic rings. The van der Waals surface area contributed by atoms with Crippen molar-refractivity contribution in [2.45, 2.75) is 52.2 Å². The molecule has 0 heterocycles. The van der Waals surface area contributed by atoms with Gasteiger partial charge in [0.05, 0.1) is 6.61 Å². The molecule has 0 aliphatic heterocycles. The van der Waals surface area contributed by atoms with Gasteiger partial charge in [-0.1, -0.05) is 75.4 Å². The molecule has 192 valence electrons. The van der Waals surface area contributed by atoms with Crippen LogP contribution in [0, 0.1) is 0 Å². The molecule has 0 saturated carbocycles. The molecule has 6 heteroatoms. The number of hydrogen-bond acceptors (Lipinski definition) is 3. The lowest BCUT2D eigenvalue weighted by Gasteiger charge is -2.37. The van der Waals surface area contributed by atoms with Crippen LogP contribution in [0.15, 0.2) is 103 Å². The normalized spacial score (nSPS) is 12.4. The van der Waals surface area contributed by atoms with Crippen molar-refractivity contribution >= 4 is 37.5 Å². The highest BCUT2D eigenvalue weighted by Gasteiger charge is 2.46. The summed E-state index contributed by atoms with van der Waals surface area (Å²) in [6.07, 6.45) is 0.120. The minimum atomic E-state index is -2.30. The van der Waals surface area contributed by atoms with Crippen molar-refractivity contribution in [3.8, 4) is 0 Å². The van der Waals surface area contributed by atoms with Crippen LogP contribution >= 0.6 is 7.26 Å². The lowest BCUT2D eigenvalue weighted by atomic mass is 10.2. The SMILES string of the molecule is CCOC(=O)C/C(=C\[P+](c1ccccc1)(c1ccccc1)c1ccccc1)O[Si](C)(C)C(C)(C)C.[Cl-]. The van der Waals surface area contributed by atoms with E-state index in [-0.39, 0.29) is 29.8 Å². The van der Waals surface area contributed by atoms with Crippen molar-refractivity contribution in [3.63, 3.8) is 0 Å². The first-order chi connectivity index (χ1) is 16.6. The molecule has 0 aromatic heterocycles. The van der Waals surface area contributed by atoms with E-state index in [9.17, 15) is 4.79 Å². The Hall–Kier alpha value is -2.39. The Kier molecular flexibility index (Phi) is 10.5. The molecule has 0 N–H and O–H groups in total. The van der Waals surface area contributed by atoms with Crippen molar-refractivity contribution in [2.75, 3.05) is 6.61 Å². The van der Waals surface area contributed by atoms with Gasteiger partial charge in [-0.2, -0.15) is 0 Å². The quantitative estimate of drug-likeness (QED) is 0.179. The van der Waals surface area contributed by atoms with Crippen LogP contribution in [-0.4, -0.2) is 20.9 Å². The predicted octanol–water partition coefficient (Wildman–Crippen LogP) is 3.80. The van der Waals surface area contributed by atoms with Gasteiger partial charge in [0.25, 0.3) is 0 Å². The molecule has 0 radical (unpaired) electrons. The summed E-state index contributed by atoms with van der Waals surface area (Å²) >= 11 is 0. The summed E-state index contributed by atoms with van der Waals surface area (Å²) in [6.45, 7) is 13.3. The van der Waals surface area contributed by atoms with Crippen molar-refractivity contribution in [2.24, 2.45) is 0 Å². The fraction of sp³-hybridized carbons (Fsp3) is 0.300. The first-order valence-electron chi connectivity index (χ1n) is 12.2. The van der Waals surface area contributed by atoms with E-state index in [0.717, 1.165) is 0 Å². The predicted molar refractivity (Wildman–Crippen MR) is 153 cm³/mol. The highest BCUT2D eigenvalue weighted by molar-refractivity contribution is 7.98. The second-order valence-corrected chi connectivity index (χ2v) is 18.1. The molecule has 3 rings (SSSR count). The molecule has 0 spiro atoms. The molecule has 0 saturated heterocycles. The fourth-order valence-corrected chi connectivity index (χ4v) is 8.86. The molecule has 3 aromatic carbocycles. The van der Waals surface area contributed by atoms with Gasteiger partial charge in [-0.25, -0.2) is 0 Å². The Morgan fingerprint density at radius 1 is 0.806 bits per heavy atom. The number of carbonyl (C=O) groups is 1. The zero-order valence-electron chi connectivity index (χ0n) is 22.2. The fourth-order valence-electron chi connectivity index (χ4n) is 3.82. The van der Waals surface area contributed by atoms with Crippen molar-refractivity contribution in [1.29, 1.82) is 0 Å². The minimum Gasteiger partial charge on any atom is -1.00 e. The summed E-state index contributed by atoms with van der Waals surface area (Å²) in [5.41, 5.74) is 0. The van der Waals surface area contributed by atoms with E-state index in [2.05, 4.69) is 112 Å². The Morgan fingerprint density at radius 2 is 1.19 bits per heavy atom. The number of esters is 1. The molecular weight excluding hydrogens is 503 g/mol. The van der Waals surface area contributed by atoms with Crippen LogP contribution in [0.3, 0.4) is 0 Å². The van der Waals surface area contributed by atoms with Gasteiger partial charge >= 0.3 is 5.97 Å². The summed E-state index contributed by atoms with van der Waals surface area (Å²) in [4.78, 5) is 12.8. The third-order valence-electron chi connectivity index (χ3n) is 6.64. The molecule has 0 unspecified atom stereocenters. The van der Waals surface area contributed by atoms with Gasteiger partial charge in [0, 0.05) is 0 Å². The monoisotopic (exact) mass is 540 g/mol. The average Bonchev–Trinajstić information content (AvgIpc) is 2.83. The van der Waals surface area contributed by atoms with Gasteiger partial charge in [-0.3, -0.25) is 4.79 Å². The second-order valence-electron chi connectivity index (χ2n) is 10.2. The van der Waals surface area contributed by atoms with Crippen LogP contribution < -0.4 is 28.3 Å². The molecule has 0 aliphatic rings. The molecule has 0 atom stereocenters. The van der Waals surface area contributed by atoms with Crippen LogP contribution in [0.25, 0.3) is 0 Å². The van der Waals surface area contributed by atoms with E-state index in [4.69, 9.17) is 9.16 Å². The first-order valence-corrected chi connectivity index (χ1v) is 17.0. The van der Waals surface area contributed by atoms with Gasteiger partial charge in [-0.15, -0.1) is 0 Å². The zero-order chi connectivity index (χ0) is 25.5. The summed E-state index contributed by atoms with van der Waals surface area (Å²) in [7, 11) is -4.51. The smallest absolute Gasteiger partial charge is 0.313 e. The van der Waals surface area contributed by atoms with E-state index in [1.165, 1.54) is 15.9 Å². The number of halogens is 1. The highest BCUT2D eigenvalue weighted by atomic mass is 35.5. The van der Waals surface area contributed by atoms with Crippen molar-refractivity contribution < 1.29 is 26.4 Å². The molecule has 36 heavy (non-hydrogen) atoms. The summed E-state index contributed by atoms with van der Waals surface area (Å²) in [6, 6.07) is 31.8. The Bertz CT molecular complexity index is 1030. The maximum Gasteiger partial charge on any atom is 0.313 e. The third kappa shape index (κ3) is 6.88. The topological polar surface area (TPSA) is 35.5 Å². The molecular formula is C30H38ClO3PSi. The Labute approximate surface area is 224 Å². The Balaban J connectivity index is 0.00000456. The maximum absolute atomic E-state index is 12.8. The van der Waals surface area contributed by atoms with Gasteiger partial charge < -0.3 is 21.6 Å². The zero-order valence-corrected chi connectivity index (χ0v) is 24.9. The summed E-state index contributed by atoms with van der Waals surface area (Å²) in [5.74, 6) is 2.72. The van der Waals surface area contributed by atoms with Crippen molar-refractivity contribution in [1.82, 2.24) is 0 Å². The van der Waals surface area contributed by atoms with Gasteiger partial charge in [-0.05, 0) is 61.5 Å². The van der Waals surface area contributed by atoms with E-state index in [1.54, 1.807) is 0 Å².